The Labute approximate surface area is 185 Å². The van der Waals surface area contributed by atoms with Gasteiger partial charge in [-0.2, -0.15) is 17.9 Å². The zero-order chi connectivity index (χ0) is 22.0. The minimum absolute atomic E-state index is 0.101. The number of halogens is 1. The van der Waals surface area contributed by atoms with Crippen LogP contribution in [-0.4, -0.2) is 38.1 Å². The van der Waals surface area contributed by atoms with E-state index in [9.17, 15) is 13.2 Å². The number of nitrogens with zero attached hydrogens (tertiary/aromatic N) is 2. The molecule has 1 aliphatic rings. The summed E-state index contributed by atoms with van der Waals surface area (Å²) in [6.45, 7) is -0.489. The number of sulfonamides is 1. The van der Waals surface area contributed by atoms with Crippen LogP contribution in [0, 0.1) is 0 Å². The first kappa shape index (κ1) is 20.9. The number of fused-ring (bicyclic) bond motifs is 1. The van der Waals surface area contributed by atoms with Crippen molar-refractivity contribution in [2.24, 2.45) is 5.10 Å². The smallest absolute Gasteiger partial charge is 0.280 e. The quantitative estimate of drug-likeness (QED) is 0.634. The van der Waals surface area contributed by atoms with Crippen molar-refractivity contribution in [1.82, 2.24) is 4.41 Å². The first-order valence-electron chi connectivity index (χ1n) is 9.29. The lowest BCUT2D eigenvalue weighted by Crippen LogP contribution is -2.38. The van der Waals surface area contributed by atoms with Gasteiger partial charge in [0.25, 0.3) is 10.0 Å². The lowest BCUT2D eigenvalue weighted by molar-refractivity contribution is -0.116. The maximum absolute atomic E-state index is 13.1. The van der Waals surface area contributed by atoms with Crippen molar-refractivity contribution in [3.8, 4) is 5.75 Å². The molecule has 1 amide bonds. The highest BCUT2D eigenvalue weighted by atomic mass is 35.5. The molecule has 0 radical (unpaired) electrons. The number of benzene rings is 3. The van der Waals surface area contributed by atoms with Crippen LogP contribution in [0.3, 0.4) is 0 Å². The van der Waals surface area contributed by atoms with Gasteiger partial charge < -0.3 is 10.1 Å². The lowest BCUT2D eigenvalue weighted by atomic mass is 10.0. The van der Waals surface area contributed by atoms with Crippen LogP contribution in [-0.2, 0) is 14.8 Å². The molecule has 4 rings (SSSR count). The fourth-order valence-corrected chi connectivity index (χ4v) is 4.87. The summed E-state index contributed by atoms with van der Waals surface area (Å²) in [5.41, 5.74) is 2.13. The number of hydrogen-bond donors (Lipinski definition) is 1. The molecular formula is C22H18ClN3O4S. The van der Waals surface area contributed by atoms with Crippen LogP contribution < -0.4 is 10.1 Å². The molecule has 1 aliphatic heterocycles. The summed E-state index contributed by atoms with van der Waals surface area (Å²) in [5.74, 6) is -0.0904. The van der Waals surface area contributed by atoms with E-state index in [0.29, 0.717) is 27.7 Å². The summed E-state index contributed by atoms with van der Waals surface area (Å²) in [6.07, 6.45) is 0. The van der Waals surface area contributed by atoms with Crippen LogP contribution in [0.5, 0.6) is 5.75 Å². The fourth-order valence-electron chi connectivity index (χ4n) is 3.22. The number of methoxy groups -OCH3 is 1. The number of ether oxygens (including phenoxy) is 1. The maximum Gasteiger partial charge on any atom is 0.280 e. The SMILES string of the molecule is COc1ccc(NC(=O)CN2N=C(c3ccccc3)c3ccccc3S2(=O)=O)cc1Cl. The second kappa shape index (κ2) is 8.41. The molecule has 0 spiro atoms. The molecule has 0 saturated heterocycles. The Kier molecular flexibility index (Phi) is 5.67. The Hall–Kier alpha value is -3.36. The summed E-state index contributed by atoms with van der Waals surface area (Å²) < 4.78 is 32.1. The van der Waals surface area contributed by atoms with E-state index >= 15 is 0 Å². The van der Waals surface area contributed by atoms with E-state index < -0.39 is 22.5 Å². The normalized spacial score (nSPS) is 14.4. The first-order chi connectivity index (χ1) is 14.9. The first-order valence-corrected chi connectivity index (χ1v) is 11.1. The van der Waals surface area contributed by atoms with Gasteiger partial charge in [-0.3, -0.25) is 4.79 Å². The Morgan fingerprint density at radius 2 is 1.77 bits per heavy atom. The zero-order valence-electron chi connectivity index (χ0n) is 16.4. The van der Waals surface area contributed by atoms with Crippen molar-refractivity contribution < 1.29 is 17.9 Å². The van der Waals surface area contributed by atoms with Gasteiger partial charge in [-0.15, -0.1) is 0 Å². The van der Waals surface area contributed by atoms with Gasteiger partial charge in [0.2, 0.25) is 5.91 Å². The van der Waals surface area contributed by atoms with Crippen LogP contribution in [0.25, 0.3) is 0 Å². The molecule has 0 saturated carbocycles. The average Bonchev–Trinajstić information content (AvgIpc) is 2.76. The molecule has 158 valence electrons. The second-order valence-electron chi connectivity index (χ2n) is 6.69. The zero-order valence-corrected chi connectivity index (χ0v) is 18.0. The Morgan fingerprint density at radius 1 is 1.06 bits per heavy atom. The number of carbonyl (C=O) groups excluding carboxylic acids is 1. The van der Waals surface area contributed by atoms with Crippen molar-refractivity contribution in [1.29, 1.82) is 0 Å². The number of nitrogens with one attached hydrogen (secondary N) is 1. The third kappa shape index (κ3) is 4.12. The third-order valence-corrected chi connectivity index (χ3v) is 6.64. The predicted octanol–water partition coefficient (Wildman–Crippen LogP) is 3.74. The Bertz CT molecular complexity index is 1280. The summed E-state index contributed by atoms with van der Waals surface area (Å²) in [7, 11) is -2.50. The second-order valence-corrected chi connectivity index (χ2v) is 8.91. The Balaban J connectivity index is 1.65. The molecule has 1 heterocycles. The van der Waals surface area contributed by atoms with E-state index in [1.165, 1.54) is 19.2 Å². The third-order valence-electron chi connectivity index (χ3n) is 4.67. The van der Waals surface area contributed by atoms with Crippen LogP contribution in [0.1, 0.15) is 11.1 Å². The summed E-state index contributed by atoms with van der Waals surface area (Å²) in [6, 6.07) is 20.6. The molecule has 0 unspecified atom stereocenters. The van der Waals surface area contributed by atoms with Gasteiger partial charge in [0.15, 0.2) is 0 Å². The van der Waals surface area contributed by atoms with Crippen LogP contribution in [0.4, 0.5) is 5.69 Å². The molecule has 0 bridgehead atoms. The summed E-state index contributed by atoms with van der Waals surface area (Å²) >= 11 is 6.09. The van der Waals surface area contributed by atoms with Crippen LogP contribution >= 0.6 is 11.6 Å². The van der Waals surface area contributed by atoms with Crippen molar-refractivity contribution in [3.05, 3.63) is 88.9 Å². The van der Waals surface area contributed by atoms with Gasteiger partial charge in [-0.25, -0.2) is 0 Å². The molecule has 3 aromatic rings. The molecule has 0 aliphatic carbocycles. The Morgan fingerprint density at radius 3 is 2.48 bits per heavy atom. The fraction of sp³-hybridized carbons (Fsp3) is 0.0909. The van der Waals surface area contributed by atoms with E-state index in [4.69, 9.17) is 16.3 Å². The number of hydrazone groups is 1. The van der Waals surface area contributed by atoms with Crippen molar-refractivity contribution in [2.45, 2.75) is 4.90 Å². The molecule has 7 nitrogen and oxygen atoms in total. The van der Waals surface area contributed by atoms with E-state index in [1.807, 2.05) is 30.3 Å². The van der Waals surface area contributed by atoms with Crippen LogP contribution in [0.15, 0.2) is 82.8 Å². The largest absolute Gasteiger partial charge is 0.495 e. The number of anilines is 1. The van der Waals surface area contributed by atoms with Gasteiger partial charge in [0.1, 0.15) is 18.0 Å². The number of amides is 1. The van der Waals surface area contributed by atoms with Gasteiger partial charge in [-0.1, -0.05) is 60.1 Å². The van der Waals surface area contributed by atoms with Gasteiger partial charge in [-0.05, 0) is 24.3 Å². The van der Waals surface area contributed by atoms with Crippen molar-refractivity contribution >= 4 is 38.9 Å². The van der Waals surface area contributed by atoms with Crippen molar-refractivity contribution in [3.63, 3.8) is 0 Å². The van der Waals surface area contributed by atoms with Crippen LogP contribution in [0.2, 0.25) is 5.02 Å². The topological polar surface area (TPSA) is 88.1 Å². The number of rotatable bonds is 5. The monoisotopic (exact) mass is 455 g/mol. The molecule has 31 heavy (non-hydrogen) atoms. The summed E-state index contributed by atoms with van der Waals surface area (Å²) in [4.78, 5) is 12.7. The minimum atomic E-state index is -3.99. The predicted molar refractivity (Wildman–Crippen MR) is 119 cm³/mol. The van der Waals surface area contributed by atoms with Crippen molar-refractivity contribution in [2.75, 3.05) is 19.0 Å². The molecule has 0 aromatic heterocycles. The highest BCUT2D eigenvalue weighted by molar-refractivity contribution is 7.89. The average molecular weight is 456 g/mol. The van der Waals surface area contributed by atoms with E-state index in [1.54, 1.807) is 30.3 Å². The maximum atomic E-state index is 13.1. The molecule has 3 aromatic carbocycles. The number of carbonyl (C=O) groups is 1. The number of hydrogen-bond acceptors (Lipinski definition) is 5. The minimum Gasteiger partial charge on any atom is -0.495 e. The molecular weight excluding hydrogens is 438 g/mol. The molecule has 9 heteroatoms. The van der Waals surface area contributed by atoms with E-state index in [-0.39, 0.29) is 4.90 Å². The van der Waals surface area contributed by atoms with E-state index in [2.05, 4.69) is 10.4 Å². The highest BCUT2D eigenvalue weighted by Crippen LogP contribution is 2.30. The lowest BCUT2D eigenvalue weighted by Gasteiger charge is -2.26. The summed E-state index contributed by atoms with van der Waals surface area (Å²) in [5, 5.41) is 7.29. The van der Waals surface area contributed by atoms with Gasteiger partial charge in [0.05, 0.1) is 17.0 Å². The molecule has 0 fully saturated rings. The van der Waals surface area contributed by atoms with Gasteiger partial charge >= 0.3 is 0 Å². The highest BCUT2D eigenvalue weighted by Gasteiger charge is 2.34. The molecule has 1 N–H and O–H groups in total. The van der Waals surface area contributed by atoms with Gasteiger partial charge in [0, 0.05) is 16.8 Å². The van der Waals surface area contributed by atoms with E-state index in [0.717, 1.165) is 9.98 Å². The standard InChI is InChI=1S/C22H18ClN3O4S/c1-30-19-12-11-16(13-18(19)23)24-21(27)14-26-25-22(15-7-3-2-4-8-15)17-9-5-6-10-20(17)31(26,28)29/h2-13H,14H2,1H3,(H,24,27). The molecule has 0 atom stereocenters.